The fraction of sp³-hybridized carbons (Fsp3) is 0.444. The van der Waals surface area contributed by atoms with Crippen molar-refractivity contribution >= 4 is 6.09 Å². The Labute approximate surface area is 210 Å². The molecule has 198 valence electrons. The van der Waals surface area contributed by atoms with Crippen LogP contribution >= 0.6 is 0 Å². The Bertz CT molecular complexity index is 1080. The van der Waals surface area contributed by atoms with Gasteiger partial charge in [0, 0.05) is 24.6 Å². The molecule has 0 spiro atoms. The number of ether oxygens (including phenoxy) is 2. The van der Waals surface area contributed by atoms with Crippen molar-refractivity contribution in [3.8, 4) is 28.9 Å². The molecule has 0 fully saturated rings. The van der Waals surface area contributed by atoms with Crippen LogP contribution in [0.25, 0.3) is 11.1 Å². The van der Waals surface area contributed by atoms with Gasteiger partial charge in [0.25, 0.3) is 0 Å². The fourth-order valence-electron chi connectivity index (χ4n) is 3.29. The average Bonchev–Trinajstić information content (AvgIpc) is 2.81. The SMILES string of the molecule is CC.CC#COc1c(C)c(-c2ccc(C(F)(F)F)cc2)cc(CNC(=O)OC(C)(C)C)c1C(O)CO. The summed E-state index contributed by atoms with van der Waals surface area (Å²) in [6, 6.07) is 6.21. The summed E-state index contributed by atoms with van der Waals surface area (Å²) in [6.07, 6.45) is -4.09. The first kappa shape index (κ1) is 30.8. The molecule has 0 aromatic heterocycles. The van der Waals surface area contributed by atoms with Crippen molar-refractivity contribution < 1.29 is 37.7 Å². The van der Waals surface area contributed by atoms with Gasteiger partial charge in [0.05, 0.1) is 12.2 Å². The lowest BCUT2D eigenvalue weighted by Crippen LogP contribution is -2.32. The third kappa shape index (κ3) is 8.47. The maximum atomic E-state index is 13.0. The van der Waals surface area contributed by atoms with Crippen LogP contribution in [-0.4, -0.2) is 28.5 Å². The van der Waals surface area contributed by atoms with Crippen LogP contribution in [0.4, 0.5) is 18.0 Å². The van der Waals surface area contributed by atoms with Gasteiger partial charge in [-0.15, -0.1) is 0 Å². The number of alkyl halides is 3. The number of hydrogen-bond acceptors (Lipinski definition) is 5. The van der Waals surface area contributed by atoms with E-state index in [4.69, 9.17) is 9.47 Å². The zero-order valence-electron chi connectivity index (χ0n) is 21.6. The zero-order chi connectivity index (χ0) is 27.7. The molecule has 0 aliphatic rings. The molecule has 2 rings (SSSR count). The van der Waals surface area contributed by atoms with E-state index in [-0.39, 0.29) is 17.9 Å². The molecular weight excluding hydrogens is 475 g/mol. The minimum Gasteiger partial charge on any atom is -0.444 e. The second kappa shape index (κ2) is 13.2. The van der Waals surface area contributed by atoms with Gasteiger partial charge in [-0.1, -0.05) is 31.9 Å². The van der Waals surface area contributed by atoms with E-state index in [9.17, 15) is 28.2 Å². The Morgan fingerprint density at radius 1 is 1.14 bits per heavy atom. The number of alkyl carbamates (subject to hydrolysis) is 1. The molecule has 2 aromatic carbocycles. The van der Waals surface area contributed by atoms with E-state index in [1.54, 1.807) is 40.7 Å². The molecule has 0 aliphatic carbocycles. The van der Waals surface area contributed by atoms with Crippen LogP contribution in [0.1, 0.15) is 69.9 Å². The van der Waals surface area contributed by atoms with Crippen molar-refractivity contribution in [3.05, 3.63) is 52.6 Å². The highest BCUT2D eigenvalue weighted by atomic mass is 19.4. The Hall–Kier alpha value is -3.22. The number of carbonyl (C=O) groups excluding carboxylic acids is 1. The van der Waals surface area contributed by atoms with Crippen LogP contribution in [-0.2, 0) is 17.5 Å². The van der Waals surface area contributed by atoms with E-state index in [2.05, 4.69) is 17.3 Å². The van der Waals surface area contributed by atoms with Crippen molar-refractivity contribution in [2.45, 2.75) is 72.9 Å². The molecule has 0 aliphatic heterocycles. The molecule has 9 heteroatoms. The number of aliphatic hydroxyl groups excluding tert-OH is 2. The lowest BCUT2D eigenvalue weighted by molar-refractivity contribution is -0.137. The van der Waals surface area contributed by atoms with Crippen molar-refractivity contribution in [1.29, 1.82) is 0 Å². The third-order valence-corrected chi connectivity index (χ3v) is 4.76. The second-order valence-corrected chi connectivity index (χ2v) is 8.53. The van der Waals surface area contributed by atoms with Crippen molar-refractivity contribution in [2.24, 2.45) is 0 Å². The fourth-order valence-corrected chi connectivity index (χ4v) is 3.29. The predicted molar refractivity (Wildman–Crippen MR) is 132 cm³/mol. The Kier molecular flexibility index (Phi) is 11.3. The molecular formula is C27H34F3NO5. The third-order valence-electron chi connectivity index (χ3n) is 4.76. The van der Waals surface area contributed by atoms with E-state index in [0.29, 0.717) is 22.3 Å². The van der Waals surface area contributed by atoms with Crippen molar-refractivity contribution in [2.75, 3.05) is 6.61 Å². The molecule has 0 heterocycles. The molecule has 0 saturated heterocycles. The molecule has 0 saturated carbocycles. The molecule has 0 bridgehead atoms. The molecule has 2 aromatic rings. The van der Waals surface area contributed by atoms with Gasteiger partial charge in [-0.2, -0.15) is 13.2 Å². The van der Waals surface area contributed by atoms with Crippen LogP contribution in [0.3, 0.4) is 0 Å². The number of nitrogens with one attached hydrogen (secondary N) is 1. The monoisotopic (exact) mass is 509 g/mol. The molecule has 1 amide bonds. The smallest absolute Gasteiger partial charge is 0.416 e. The Morgan fingerprint density at radius 2 is 1.72 bits per heavy atom. The van der Waals surface area contributed by atoms with Crippen LogP contribution in [0.15, 0.2) is 30.3 Å². The van der Waals surface area contributed by atoms with Crippen molar-refractivity contribution in [1.82, 2.24) is 5.32 Å². The number of benzene rings is 2. The predicted octanol–water partition coefficient (Wildman–Crippen LogP) is 6.12. The Balaban J connectivity index is 0.00000316. The van der Waals surface area contributed by atoms with Gasteiger partial charge in [-0.3, -0.25) is 0 Å². The average molecular weight is 510 g/mol. The van der Waals surface area contributed by atoms with E-state index in [1.807, 2.05) is 13.8 Å². The number of aliphatic hydroxyl groups is 2. The van der Waals surface area contributed by atoms with Gasteiger partial charge in [-0.25, -0.2) is 4.79 Å². The highest BCUT2D eigenvalue weighted by Crippen LogP contribution is 2.40. The van der Waals surface area contributed by atoms with Gasteiger partial charge in [0.15, 0.2) is 0 Å². The molecule has 1 atom stereocenters. The number of halogens is 3. The number of hydrogen-bond donors (Lipinski definition) is 3. The molecule has 1 unspecified atom stereocenters. The van der Waals surface area contributed by atoms with E-state index < -0.39 is 36.1 Å². The maximum Gasteiger partial charge on any atom is 0.416 e. The number of rotatable bonds is 6. The summed E-state index contributed by atoms with van der Waals surface area (Å²) in [7, 11) is 0. The lowest BCUT2D eigenvalue weighted by atomic mass is 9.90. The molecule has 6 nitrogen and oxygen atoms in total. The van der Waals surface area contributed by atoms with E-state index in [1.165, 1.54) is 12.1 Å². The summed E-state index contributed by atoms with van der Waals surface area (Å²) in [6.45, 7) is 11.6. The van der Waals surface area contributed by atoms with Gasteiger partial charge in [-0.05, 0) is 62.6 Å². The highest BCUT2D eigenvalue weighted by molar-refractivity contribution is 5.74. The molecule has 36 heavy (non-hydrogen) atoms. The topological polar surface area (TPSA) is 88.0 Å². The Morgan fingerprint density at radius 3 is 2.19 bits per heavy atom. The quantitative estimate of drug-likeness (QED) is 0.409. The number of amides is 1. The van der Waals surface area contributed by atoms with Crippen LogP contribution < -0.4 is 10.1 Å². The van der Waals surface area contributed by atoms with E-state index >= 15 is 0 Å². The zero-order valence-corrected chi connectivity index (χ0v) is 21.6. The first-order valence-corrected chi connectivity index (χ1v) is 11.5. The summed E-state index contributed by atoms with van der Waals surface area (Å²) < 4.78 is 49.8. The minimum absolute atomic E-state index is 0.106. The van der Waals surface area contributed by atoms with Gasteiger partial charge >= 0.3 is 12.3 Å². The summed E-state index contributed by atoms with van der Waals surface area (Å²) in [5, 5.41) is 22.7. The lowest BCUT2D eigenvalue weighted by Gasteiger charge is -2.23. The van der Waals surface area contributed by atoms with Crippen LogP contribution in [0.5, 0.6) is 5.75 Å². The summed E-state index contributed by atoms with van der Waals surface area (Å²) >= 11 is 0. The summed E-state index contributed by atoms with van der Waals surface area (Å²) in [5.41, 5.74) is 0.517. The van der Waals surface area contributed by atoms with Gasteiger partial charge < -0.3 is 25.0 Å². The maximum absolute atomic E-state index is 13.0. The molecule has 0 radical (unpaired) electrons. The van der Waals surface area contributed by atoms with E-state index in [0.717, 1.165) is 12.1 Å². The van der Waals surface area contributed by atoms with Gasteiger partial charge in [0.1, 0.15) is 23.6 Å². The van der Waals surface area contributed by atoms with Crippen LogP contribution in [0, 0.1) is 19.0 Å². The minimum atomic E-state index is -4.48. The summed E-state index contributed by atoms with van der Waals surface area (Å²) in [4.78, 5) is 12.2. The first-order chi connectivity index (χ1) is 16.8. The second-order valence-electron chi connectivity index (χ2n) is 8.53. The highest BCUT2D eigenvalue weighted by Gasteiger charge is 2.30. The molecule has 3 N–H and O–H groups in total. The largest absolute Gasteiger partial charge is 0.444 e. The normalized spacial score (nSPS) is 11.9. The summed E-state index contributed by atoms with van der Waals surface area (Å²) in [5.74, 6) is 2.72. The first-order valence-electron chi connectivity index (χ1n) is 11.5. The number of carbonyl (C=O) groups is 1. The van der Waals surface area contributed by atoms with Crippen LogP contribution in [0.2, 0.25) is 0 Å². The standard InChI is InChI=1S/C25H28F3NO5.C2H6/c1-6-11-33-22-15(2)19(16-7-9-18(10-8-16)25(26,27)28)12-17(21(22)20(31)14-30)13-29-23(32)34-24(3,4)5;1-2/h7-10,12,20,30-31H,13-14H2,1-5H3,(H,29,32);1-2H3. The van der Waals surface area contributed by atoms with Gasteiger partial charge in [0.2, 0.25) is 0 Å². The van der Waals surface area contributed by atoms with Crippen molar-refractivity contribution in [3.63, 3.8) is 0 Å².